The first-order valence-corrected chi connectivity index (χ1v) is 9.70. The maximum absolute atomic E-state index is 13.5. The van der Waals surface area contributed by atoms with Crippen molar-refractivity contribution in [2.24, 2.45) is 0 Å². The highest BCUT2D eigenvalue weighted by Crippen LogP contribution is 2.31. The molecule has 1 heterocycles. The summed E-state index contributed by atoms with van der Waals surface area (Å²) >= 11 is 0. The van der Waals surface area contributed by atoms with E-state index in [1.807, 2.05) is 30.3 Å². The van der Waals surface area contributed by atoms with Crippen LogP contribution in [0.15, 0.2) is 79.0 Å². The van der Waals surface area contributed by atoms with Crippen LogP contribution in [0, 0.1) is 0 Å². The van der Waals surface area contributed by atoms with Gasteiger partial charge in [-0.15, -0.1) is 0 Å². The number of fused-ring (bicyclic) bond motifs is 1. The van der Waals surface area contributed by atoms with Crippen LogP contribution < -0.4 is 9.47 Å². The normalized spacial score (nSPS) is 11.7. The van der Waals surface area contributed by atoms with Crippen molar-refractivity contribution in [3.63, 3.8) is 0 Å². The van der Waals surface area contributed by atoms with Crippen LogP contribution in [0.2, 0.25) is 0 Å². The minimum atomic E-state index is -1.10. The van der Waals surface area contributed by atoms with Gasteiger partial charge in [-0.3, -0.25) is 4.79 Å². The largest absolute Gasteiger partial charge is 0.493 e. The zero-order valence-corrected chi connectivity index (χ0v) is 17.1. The average molecular weight is 415 g/mol. The van der Waals surface area contributed by atoms with Crippen molar-refractivity contribution in [3.05, 3.63) is 95.7 Å². The quantitative estimate of drug-likeness (QED) is 0.341. The molecule has 1 atom stereocenters. The van der Waals surface area contributed by atoms with E-state index in [2.05, 4.69) is 4.98 Å². The average Bonchev–Trinajstić information content (AvgIpc) is 3.26. The Bertz CT molecular complexity index is 1230. The summed E-state index contributed by atoms with van der Waals surface area (Å²) in [6.07, 6.45) is 0.550. The molecule has 6 heteroatoms. The number of para-hydroxylation sites is 1. The Balaban J connectivity index is 1.69. The van der Waals surface area contributed by atoms with Crippen LogP contribution in [-0.4, -0.2) is 31.0 Å². The number of carbonyl (C=O) groups excluding carboxylic acids is 2. The SMILES string of the molecule is COc1ccc(C(=O)OC(C(=O)c2c[nH]c3ccccc23)c2ccccc2)cc1OC. The lowest BCUT2D eigenvalue weighted by Crippen LogP contribution is -2.20. The Labute approximate surface area is 179 Å². The van der Waals surface area contributed by atoms with Crippen LogP contribution in [0.25, 0.3) is 10.9 Å². The summed E-state index contributed by atoms with van der Waals surface area (Å²) in [7, 11) is 3.00. The first kappa shape index (κ1) is 20.2. The van der Waals surface area contributed by atoms with Crippen molar-refractivity contribution >= 4 is 22.7 Å². The fourth-order valence-corrected chi connectivity index (χ4v) is 3.46. The Morgan fingerprint density at radius 2 is 1.55 bits per heavy atom. The topological polar surface area (TPSA) is 77.6 Å². The van der Waals surface area contributed by atoms with Crippen molar-refractivity contribution < 1.29 is 23.8 Å². The van der Waals surface area contributed by atoms with Crippen molar-refractivity contribution in [1.82, 2.24) is 4.98 Å². The third-order valence-corrected chi connectivity index (χ3v) is 5.04. The molecule has 1 unspecified atom stereocenters. The predicted octanol–water partition coefficient (Wildman–Crippen LogP) is 4.97. The molecule has 0 saturated carbocycles. The second-order valence-corrected chi connectivity index (χ2v) is 6.88. The monoisotopic (exact) mass is 415 g/mol. The molecular formula is C25H21NO5. The van der Waals surface area contributed by atoms with Gasteiger partial charge in [0.25, 0.3) is 0 Å². The lowest BCUT2D eigenvalue weighted by molar-refractivity contribution is 0.0280. The van der Waals surface area contributed by atoms with E-state index in [1.165, 1.54) is 20.3 Å². The Hall–Kier alpha value is -4.06. The molecule has 156 valence electrons. The van der Waals surface area contributed by atoms with Gasteiger partial charge in [-0.2, -0.15) is 0 Å². The molecule has 0 radical (unpaired) electrons. The van der Waals surface area contributed by atoms with E-state index in [0.29, 0.717) is 22.6 Å². The standard InChI is InChI=1S/C25H21NO5/c1-29-21-13-12-17(14-22(21)30-2)25(28)31-24(16-8-4-3-5-9-16)23(27)19-15-26-20-11-7-6-10-18(19)20/h3-15,24,26H,1-2H3. The van der Waals surface area contributed by atoms with Crippen LogP contribution >= 0.6 is 0 Å². The van der Waals surface area contributed by atoms with E-state index in [0.717, 1.165) is 10.9 Å². The number of hydrogen-bond acceptors (Lipinski definition) is 5. The van der Waals surface area contributed by atoms with Crippen molar-refractivity contribution in [3.8, 4) is 11.5 Å². The molecular weight excluding hydrogens is 394 g/mol. The van der Waals surface area contributed by atoms with Crippen molar-refractivity contribution in [1.29, 1.82) is 0 Å². The van der Waals surface area contributed by atoms with Crippen molar-refractivity contribution in [2.75, 3.05) is 14.2 Å². The Morgan fingerprint density at radius 3 is 2.29 bits per heavy atom. The molecule has 0 aliphatic carbocycles. The predicted molar refractivity (Wildman–Crippen MR) is 117 cm³/mol. The fraction of sp³-hybridized carbons (Fsp3) is 0.120. The molecule has 4 rings (SSSR count). The number of rotatable bonds is 7. The third-order valence-electron chi connectivity index (χ3n) is 5.04. The Morgan fingerprint density at radius 1 is 0.839 bits per heavy atom. The minimum absolute atomic E-state index is 0.255. The zero-order valence-electron chi connectivity index (χ0n) is 17.1. The number of nitrogens with one attached hydrogen (secondary N) is 1. The lowest BCUT2D eigenvalue weighted by Gasteiger charge is -2.18. The van der Waals surface area contributed by atoms with Gasteiger partial charge in [0.05, 0.1) is 19.8 Å². The molecule has 4 aromatic rings. The number of hydrogen-bond donors (Lipinski definition) is 1. The first-order chi connectivity index (χ1) is 15.1. The number of benzene rings is 3. The van der Waals surface area contributed by atoms with Gasteiger partial charge in [0.1, 0.15) is 0 Å². The Kier molecular flexibility index (Phi) is 5.71. The number of Topliss-reactive ketones (excluding diaryl/α,β-unsaturated/α-hetero) is 1. The fourth-order valence-electron chi connectivity index (χ4n) is 3.46. The second-order valence-electron chi connectivity index (χ2n) is 6.88. The molecule has 0 saturated heterocycles. The smallest absolute Gasteiger partial charge is 0.339 e. The van der Waals surface area contributed by atoms with Gasteiger partial charge in [-0.25, -0.2) is 4.79 Å². The molecule has 0 amide bonds. The number of ether oxygens (including phenoxy) is 3. The van der Waals surface area contributed by atoms with E-state index in [9.17, 15) is 9.59 Å². The lowest BCUT2D eigenvalue weighted by atomic mass is 9.99. The van der Waals surface area contributed by atoms with Gasteiger partial charge in [0, 0.05) is 28.2 Å². The molecule has 6 nitrogen and oxygen atoms in total. The molecule has 0 bridgehead atoms. The van der Waals surface area contributed by atoms with Gasteiger partial charge in [0.15, 0.2) is 17.6 Å². The van der Waals surface area contributed by atoms with Crippen LogP contribution in [0.1, 0.15) is 32.4 Å². The number of ketones is 1. The zero-order chi connectivity index (χ0) is 21.8. The van der Waals surface area contributed by atoms with Crippen molar-refractivity contribution in [2.45, 2.75) is 6.10 Å². The van der Waals surface area contributed by atoms with Crippen LogP contribution in [-0.2, 0) is 4.74 Å². The first-order valence-electron chi connectivity index (χ1n) is 9.70. The summed E-state index contributed by atoms with van der Waals surface area (Å²) in [6, 6.07) is 21.2. The number of methoxy groups -OCH3 is 2. The maximum atomic E-state index is 13.5. The third kappa shape index (κ3) is 4.00. The molecule has 0 aliphatic rings. The summed E-state index contributed by atoms with van der Waals surface area (Å²) in [5, 5.41) is 0.774. The molecule has 1 N–H and O–H groups in total. The van der Waals surface area contributed by atoms with Crippen LogP contribution in [0.3, 0.4) is 0 Å². The summed E-state index contributed by atoms with van der Waals surface area (Å²) in [5.74, 6) is -0.0508. The van der Waals surface area contributed by atoms with Gasteiger partial charge in [-0.05, 0) is 24.3 Å². The molecule has 31 heavy (non-hydrogen) atoms. The minimum Gasteiger partial charge on any atom is -0.493 e. The molecule has 0 aliphatic heterocycles. The van der Waals surface area contributed by atoms with Gasteiger partial charge in [0.2, 0.25) is 5.78 Å². The molecule has 1 aromatic heterocycles. The van der Waals surface area contributed by atoms with E-state index in [-0.39, 0.29) is 11.3 Å². The molecule has 3 aromatic carbocycles. The van der Waals surface area contributed by atoms with Gasteiger partial charge >= 0.3 is 5.97 Å². The summed E-state index contributed by atoms with van der Waals surface area (Å²) in [5.41, 5.74) is 2.14. The van der Waals surface area contributed by atoms with Gasteiger partial charge < -0.3 is 19.2 Å². The summed E-state index contributed by atoms with van der Waals surface area (Å²) < 4.78 is 16.2. The van der Waals surface area contributed by atoms with Crippen LogP contribution in [0.4, 0.5) is 0 Å². The number of aromatic nitrogens is 1. The summed E-state index contributed by atoms with van der Waals surface area (Å²) in [4.78, 5) is 29.5. The van der Waals surface area contributed by atoms with Crippen LogP contribution in [0.5, 0.6) is 11.5 Å². The highest BCUT2D eigenvalue weighted by atomic mass is 16.5. The molecule has 0 spiro atoms. The van der Waals surface area contributed by atoms with Gasteiger partial charge in [-0.1, -0.05) is 48.5 Å². The highest BCUT2D eigenvalue weighted by Gasteiger charge is 2.28. The summed E-state index contributed by atoms with van der Waals surface area (Å²) in [6.45, 7) is 0. The number of esters is 1. The number of H-pyrrole nitrogens is 1. The highest BCUT2D eigenvalue weighted by molar-refractivity contribution is 6.11. The number of carbonyl (C=O) groups is 2. The van der Waals surface area contributed by atoms with E-state index >= 15 is 0 Å². The maximum Gasteiger partial charge on any atom is 0.339 e. The second kappa shape index (κ2) is 8.75. The number of aromatic amines is 1. The van der Waals surface area contributed by atoms with E-state index < -0.39 is 12.1 Å². The molecule has 0 fully saturated rings. The van der Waals surface area contributed by atoms with E-state index in [1.54, 1.807) is 42.6 Å². The van der Waals surface area contributed by atoms with E-state index in [4.69, 9.17) is 14.2 Å².